The Bertz CT molecular complexity index is 602. The van der Waals surface area contributed by atoms with Gasteiger partial charge in [-0.05, 0) is 31.2 Å². The van der Waals surface area contributed by atoms with Crippen molar-refractivity contribution in [2.75, 3.05) is 13.7 Å². The van der Waals surface area contributed by atoms with E-state index < -0.39 is 12.6 Å². The van der Waals surface area contributed by atoms with Crippen molar-refractivity contribution in [2.45, 2.75) is 6.92 Å². The molecule has 0 unspecified atom stereocenters. The highest BCUT2D eigenvalue weighted by Crippen LogP contribution is 2.10. The number of esters is 1. The molecule has 0 radical (unpaired) electrons. The molecule has 0 aliphatic heterocycles. The summed E-state index contributed by atoms with van der Waals surface area (Å²) in [6.07, 6.45) is 0. The number of hydrogen-bond donors (Lipinski definition) is 2. The van der Waals surface area contributed by atoms with E-state index >= 15 is 0 Å². The lowest BCUT2D eigenvalue weighted by Gasteiger charge is -2.09. The van der Waals surface area contributed by atoms with Crippen LogP contribution in [0.15, 0.2) is 40.5 Å². The second kappa shape index (κ2) is 7.44. The summed E-state index contributed by atoms with van der Waals surface area (Å²) in [6, 6.07) is 6.25. The molecule has 7 heteroatoms. The lowest BCUT2D eigenvalue weighted by molar-refractivity contribution is -0.137. The van der Waals surface area contributed by atoms with Gasteiger partial charge in [-0.2, -0.15) is 0 Å². The zero-order chi connectivity index (χ0) is 16.0. The summed E-state index contributed by atoms with van der Waals surface area (Å²) < 4.78 is 4.91. The topological polar surface area (TPSA) is 108 Å². The minimum Gasteiger partial charge on any atom is -0.454 e. The zero-order valence-corrected chi connectivity index (χ0v) is 12.5. The minimum atomic E-state index is -0.791. The van der Waals surface area contributed by atoms with Gasteiger partial charge < -0.3 is 16.2 Å². The minimum absolute atomic E-state index is 0.0404. The van der Waals surface area contributed by atoms with Crippen LogP contribution in [0.3, 0.4) is 0 Å². The van der Waals surface area contributed by atoms with Crippen LogP contribution in [-0.2, 0) is 9.53 Å². The molecule has 0 aliphatic carbocycles. The maximum atomic E-state index is 11.9. The van der Waals surface area contributed by atoms with E-state index in [-0.39, 0.29) is 22.9 Å². The van der Waals surface area contributed by atoms with Gasteiger partial charge in [0.2, 0.25) is 0 Å². The predicted molar refractivity (Wildman–Crippen MR) is 81.2 cm³/mol. The fraction of sp³-hybridized carbons (Fsp3) is 0.214. The van der Waals surface area contributed by atoms with Crippen molar-refractivity contribution in [3.63, 3.8) is 0 Å². The molecule has 0 saturated heterocycles. The van der Waals surface area contributed by atoms with E-state index in [1.807, 2.05) is 0 Å². The van der Waals surface area contributed by atoms with E-state index in [1.165, 1.54) is 14.0 Å². The summed E-state index contributed by atoms with van der Waals surface area (Å²) in [4.78, 5) is 27.4. The third-order valence-electron chi connectivity index (χ3n) is 2.60. The van der Waals surface area contributed by atoms with Gasteiger partial charge in [0.1, 0.15) is 11.4 Å². The number of amidine groups is 1. The van der Waals surface area contributed by atoms with Crippen LogP contribution in [0.2, 0.25) is 5.02 Å². The number of Topliss-reactive ketones (excluding diaryl/α,β-unsaturated/α-hetero) is 1. The number of nitrogens with zero attached hydrogens (tertiary/aromatic N) is 1. The maximum absolute atomic E-state index is 11.9. The molecule has 0 atom stereocenters. The predicted octanol–water partition coefficient (Wildman–Crippen LogP) is 1.29. The van der Waals surface area contributed by atoms with E-state index in [9.17, 15) is 9.59 Å². The molecule has 21 heavy (non-hydrogen) atoms. The summed E-state index contributed by atoms with van der Waals surface area (Å²) in [5.74, 6) is -1.19. The van der Waals surface area contributed by atoms with Crippen molar-refractivity contribution in [3.8, 4) is 0 Å². The Hall–Kier alpha value is -2.34. The van der Waals surface area contributed by atoms with Crippen molar-refractivity contribution >= 4 is 29.2 Å². The number of benzene rings is 1. The molecule has 4 N–H and O–H groups in total. The number of ether oxygens (including phenoxy) is 1. The summed E-state index contributed by atoms with van der Waals surface area (Å²) in [5, 5.41) is 0.513. The van der Waals surface area contributed by atoms with Crippen LogP contribution in [0.1, 0.15) is 17.3 Å². The van der Waals surface area contributed by atoms with Crippen LogP contribution in [0.25, 0.3) is 0 Å². The van der Waals surface area contributed by atoms with Crippen molar-refractivity contribution in [1.82, 2.24) is 0 Å². The van der Waals surface area contributed by atoms with Gasteiger partial charge in [-0.15, -0.1) is 0 Å². The van der Waals surface area contributed by atoms with Crippen LogP contribution in [-0.4, -0.2) is 31.2 Å². The first-order chi connectivity index (χ1) is 9.86. The number of rotatable bonds is 5. The summed E-state index contributed by atoms with van der Waals surface area (Å²) in [7, 11) is 1.42. The molecule has 0 spiro atoms. The van der Waals surface area contributed by atoms with Crippen molar-refractivity contribution in [3.05, 3.63) is 46.1 Å². The average molecular weight is 310 g/mol. The number of carbonyl (C=O) groups excluding carboxylic acids is 2. The van der Waals surface area contributed by atoms with Crippen LogP contribution >= 0.6 is 11.6 Å². The van der Waals surface area contributed by atoms with Crippen LogP contribution < -0.4 is 11.5 Å². The zero-order valence-electron chi connectivity index (χ0n) is 11.7. The van der Waals surface area contributed by atoms with Crippen molar-refractivity contribution in [1.29, 1.82) is 0 Å². The molecule has 0 saturated carbocycles. The Kier molecular flexibility index (Phi) is 5.92. The molecule has 0 heterocycles. The number of hydrogen-bond acceptors (Lipinski definition) is 5. The molecular formula is C14H16ClN3O3. The van der Waals surface area contributed by atoms with Crippen LogP contribution in [0.5, 0.6) is 0 Å². The maximum Gasteiger partial charge on any atom is 0.344 e. The van der Waals surface area contributed by atoms with Gasteiger partial charge in [0.25, 0.3) is 0 Å². The number of ketones is 1. The molecule has 0 fully saturated rings. The Morgan fingerprint density at radius 1 is 1.24 bits per heavy atom. The summed E-state index contributed by atoms with van der Waals surface area (Å²) in [5.41, 5.74) is 11.6. The van der Waals surface area contributed by atoms with Gasteiger partial charge >= 0.3 is 5.97 Å². The van der Waals surface area contributed by atoms with E-state index in [1.54, 1.807) is 24.3 Å². The number of halogens is 1. The van der Waals surface area contributed by atoms with Crippen molar-refractivity contribution < 1.29 is 14.3 Å². The normalized spacial score (nSPS) is 12.6. The molecule has 1 rings (SSSR count). The Morgan fingerprint density at radius 2 is 1.81 bits per heavy atom. The molecule has 0 bridgehead atoms. The van der Waals surface area contributed by atoms with Gasteiger partial charge in [-0.25, -0.2) is 4.79 Å². The van der Waals surface area contributed by atoms with Gasteiger partial charge in [0, 0.05) is 23.3 Å². The molecule has 0 aliphatic rings. The number of nitrogens with two attached hydrogens (primary N) is 2. The highest BCUT2D eigenvalue weighted by molar-refractivity contribution is 6.30. The van der Waals surface area contributed by atoms with Crippen LogP contribution in [0, 0.1) is 0 Å². The number of carbonyl (C=O) groups is 2. The first kappa shape index (κ1) is 16.7. The third kappa shape index (κ3) is 4.61. The molecule has 0 amide bonds. The summed E-state index contributed by atoms with van der Waals surface area (Å²) in [6.45, 7) is 1.07. The quantitative estimate of drug-likeness (QED) is 0.280. The standard InChI is InChI=1S/C14H16ClN3O3/c1-8(16)12(13(17)18-2)14(20)21-7-11(19)9-3-5-10(15)6-4-9/h3-6H,7,16H2,1-2H3,(H2,17,18). The average Bonchev–Trinajstić information content (AvgIpc) is 2.45. The third-order valence-corrected chi connectivity index (χ3v) is 2.85. The van der Waals surface area contributed by atoms with E-state index in [0.29, 0.717) is 10.6 Å². The van der Waals surface area contributed by atoms with Gasteiger partial charge in [-0.1, -0.05) is 11.6 Å². The van der Waals surface area contributed by atoms with E-state index in [4.69, 9.17) is 27.8 Å². The van der Waals surface area contributed by atoms with E-state index in [2.05, 4.69) is 4.99 Å². The van der Waals surface area contributed by atoms with Crippen LogP contribution in [0.4, 0.5) is 0 Å². The number of allylic oxidation sites excluding steroid dienone is 1. The van der Waals surface area contributed by atoms with E-state index in [0.717, 1.165) is 0 Å². The lowest BCUT2D eigenvalue weighted by Crippen LogP contribution is -2.27. The Morgan fingerprint density at radius 3 is 2.29 bits per heavy atom. The first-order valence-electron chi connectivity index (χ1n) is 6.01. The van der Waals surface area contributed by atoms with Gasteiger partial charge in [-0.3, -0.25) is 9.79 Å². The fourth-order valence-corrected chi connectivity index (χ4v) is 1.63. The molecule has 1 aromatic rings. The smallest absolute Gasteiger partial charge is 0.344 e. The lowest BCUT2D eigenvalue weighted by atomic mass is 10.1. The van der Waals surface area contributed by atoms with Crippen molar-refractivity contribution in [2.24, 2.45) is 16.5 Å². The second-order valence-electron chi connectivity index (χ2n) is 4.17. The molecule has 0 aromatic heterocycles. The number of aliphatic imine (C=N–C) groups is 1. The second-order valence-corrected chi connectivity index (χ2v) is 4.61. The molecule has 6 nitrogen and oxygen atoms in total. The van der Waals surface area contributed by atoms with Gasteiger partial charge in [0.05, 0.1) is 0 Å². The molecule has 112 valence electrons. The molecule has 1 aromatic carbocycles. The fourth-order valence-electron chi connectivity index (χ4n) is 1.50. The summed E-state index contributed by atoms with van der Waals surface area (Å²) >= 11 is 5.73. The highest BCUT2D eigenvalue weighted by atomic mass is 35.5. The Labute approximate surface area is 127 Å². The first-order valence-corrected chi connectivity index (χ1v) is 6.39. The highest BCUT2D eigenvalue weighted by Gasteiger charge is 2.19. The largest absolute Gasteiger partial charge is 0.454 e. The van der Waals surface area contributed by atoms with Gasteiger partial charge in [0.15, 0.2) is 12.4 Å². The Balaban J connectivity index is 2.74. The monoisotopic (exact) mass is 309 g/mol. The molecular weight excluding hydrogens is 294 g/mol. The SMILES string of the molecule is CN=C(N)C(C(=O)OCC(=O)c1ccc(Cl)cc1)=C(C)N.